The Kier molecular flexibility index (Phi) is 4.94. The molecule has 0 saturated carbocycles. The van der Waals surface area contributed by atoms with Crippen LogP contribution in [0.4, 0.5) is 5.69 Å². The lowest BCUT2D eigenvalue weighted by molar-refractivity contribution is -0.149. The third-order valence-corrected chi connectivity index (χ3v) is 3.40. The summed E-state index contributed by atoms with van der Waals surface area (Å²) < 4.78 is 5.86. The van der Waals surface area contributed by atoms with Crippen molar-refractivity contribution in [3.63, 3.8) is 0 Å². The van der Waals surface area contributed by atoms with Gasteiger partial charge in [-0.15, -0.1) is 0 Å². The lowest BCUT2D eigenvalue weighted by atomic mass is 10.2. The quantitative estimate of drug-likeness (QED) is 0.597. The molecule has 6 nitrogen and oxygen atoms in total. The third-order valence-electron chi connectivity index (χ3n) is 2.73. The van der Waals surface area contributed by atoms with Gasteiger partial charge in [0.15, 0.2) is 6.61 Å². The molecule has 2 rings (SSSR count). The highest BCUT2D eigenvalue weighted by atomic mass is 127. The fraction of sp³-hybridized carbons (Fsp3) is 0.308. The maximum atomic E-state index is 11.6. The van der Waals surface area contributed by atoms with Gasteiger partial charge in [0.05, 0.1) is 0 Å². The van der Waals surface area contributed by atoms with Crippen molar-refractivity contribution in [1.29, 1.82) is 0 Å². The average molecular weight is 388 g/mol. The number of amides is 2. The van der Waals surface area contributed by atoms with Gasteiger partial charge in [-0.3, -0.25) is 9.59 Å². The highest BCUT2D eigenvalue weighted by Gasteiger charge is 2.28. The van der Waals surface area contributed by atoms with E-state index in [-0.39, 0.29) is 12.5 Å². The van der Waals surface area contributed by atoms with E-state index in [9.17, 15) is 14.4 Å². The maximum Gasteiger partial charge on any atom is 0.329 e. The first-order valence-electron chi connectivity index (χ1n) is 6.06. The van der Waals surface area contributed by atoms with Crippen LogP contribution in [0, 0.1) is 3.57 Å². The van der Waals surface area contributed by atoms with Gasteiger partial charge in [0, 0.05) is 15.7 Å². The van der Waals surface area contributed by atoms with E-state index in [0.717, 1.165) is 3.57 Å². The summed E-state index contributed by atoms with van der Waals surface area (Å²) in [5, 5.41) is 5.12. The standard InChI is InChI=1S/C13H13IN2O4/c14-8-2-1-3-9(6-8)15-12(18)7-20-13(19)10-4-5-11(17)16-10/h1-3,6,10H,4-5,7H2,(H,15,18)(H,16,17)/t10-/m0/s1. The van der Waals surface area contributed by atoms with Crippen LogP contribution in [0.15, 0.2) is 24.3 Å². The van der Waals surface area contributed by atoms with Crippen LogP contribution >= 0.6 is 22.6 Å². The molecule has 0 aliphatic carbocycles. The van der Waals surface area contributed by atoms with Crippen molar-refractivity contribution in [2.24, 2.45) is 0 Å². The van der Waals surface area contributed by atoms with Crippen molar-refractivity contribution >= 4 is 46.1 Å². The van der Waals surface area contributed by atoms with Crippen molar-refractivity contribution in [3.8, 4) is 0 Å². The highest BCUT2D eigenvalue weighted by Crippen LogP contribution is 2.12. The second-order valence-electron chi connectivity index (χ2n) is 4.33. The van der Waals surface area contributed by atoms with E-state index in [1.807, 2.05) is 12.1 Å². The first-order chi connectivity index (χ1) is 9.54. The molecule has 1 aliphatic rings. The number of hydrogen-bond donors (Lipinski definition) is 2. The summed E-state index contributed by atoms with van der Waals surface area (Å²) in [6.07, 6.45) is 0.727. The van der Waals surface area contributed by atoms with Crippen LogP contribution < -0.4 is 10.6 Å². The van der Waals surface area contributed by atoms with Crippen LogP contribution in [-0.2, 0) is 19.1 Å². The number of nitrogens with one attached hydrogen (secondary N) is 2. The number of rotatable bonds is 4. The molecule has 0 radical (unpaired) electrons. The summed E-state index contributed by atoms with van der Waals surface area (Å²) in [6.45, 7) is -0.364. The molecule has 1 aliphatic heterocycles. The zero-order chi connectivity index (χ0) is 14.5. The first kappa shape index (κ1) is 14.8. The van der Waals surface area contributed by atoms with Gasteiger partial charge in [-0.1, -0.05) is 6.07 Å². The zero-order valence-electron chi connectivity index (χ0n) is 10.5. The number of ether oxygens (including phenoxy) is 1. The molecule has 0 aromatic heterocycles. The van der Waals surface area contributed by atoms with Crippen molar-refractivity contribution in [1.82, 2.24) is 5.32 Å². The smallest absolute Gasteiger partial charge is 0.329 e. The first-order valence-corrected chi connectivity index (χ1v) is 7.14. The van der Waals surface area contributed by atoms with Gasteiger partial charge in [0.1, 0.15) is 6.04 Å². The van der Waals surface area contributed by atoms with Gasteiger partial charge in [-0.05, 0) is 47.2 Å². The van der Waals surface area contributed by atoms with Crippen LogP contribution in [-0.4, -0.2) is 30.4 Å². The largest absolute Gasteiger partial charge is 0.454 e. The molecule has 2 amide bonds. The van der Waals surface area contributed by atoms with Crippen LogP contribution in [0.3, 0.4) is 0 Å². The van der Waals surface area contributed by atoms with E-state index in [2.05, 4.69) is 33.2 Å². The van der Waals surface area contributed by atoms with Crippen molar-refractivity contribution < 1.29 is 19.1 Å². The minimum Gasteiger partial charge on any atom is -0.454 e. The molecule has 1 atom stereocenters. The van der Waals surface area contributed by atoms with Crippen molar-refractivity contribution in [3.05, 3.63) is 27.8 Å². The number of carbonyl (C=O) groups excluding carboxylic acids is 3. The van der Waals surface area contributed by atoms with Crippen molar-refractivity contribution in [2.45, 2.75) is 18.9 Å². The molecular weight excluding hydrogens is 375 g/mol. The molecular formula is C13H13IN2O4. The predicted octanol–water partition coefficient (Wildman–Crippen LogP) is 1.05. The van der Waals surface area contributed by atoms with Gasteiger partial charge < -0.3 is 15.4 Å². The molecule has 7 heteroatoms. The van der Waals surface area contributed by atoms with Gasteiger partial charge in [0.25, 0.3) is 5.91 Å². The summed E-state index contributed by atoms with van der Waals surface area (Å²) in [5.41, 5.74) is 0.645. The molecule has 1 saturated heterocycles. The zero-order valence-corrected chi connectivity index (χ0v) is 12.7. The summed E-state index contributed by atoms with van der Waals surface area (Å²) in [5.74, 6) is -1.16. The van der Waals surface area contributed by atoms with Crippen LogP contribution in [0.5, 0.6) is 0 Å². The van der Waals surface area contributed by atoms with E-state index in [1.165, 1.54) is 0 Å². The molecule has 1 fully saturated rings. The van der Waals surface area contributed by atoms with Crippen LogP contribution in [0.25, 0.3) is 0 Å². The monoisotopic (exact) mass is 388 g/mol. The van der Waals surface area contributed by atoms with E-state index in [0.29, 0.717) is 18.5 Å². The van der Waals surface area contributed by atoms with E-state index >= 15 is 0 Å². The number of benzene rings is 1. The molecule has 1 aromatic rings. The summed E-state index contributed by atoms with van der Waals surface area (Å²) in [4.78, 5) is 34.2. The van der Waals surface area contributed by atoms with Gasteiger partial charge in [0.2, 0.25) is 5.91 Å². The van der Waals surface area contributed by atoms with E-state index in [1.54, 1.807) is 12.1 Å². The predicted molar refractivity (Wildman–Crippen MR) is 79.9 cm³/mol. The Morgan fingerprint density at radius 2 is 2.25 bits per heavy atom. The van der Waals surface area contributed by atoms with E-state index in [4.69, 9.17) is 4.74 Å². The molecule has 2 N–H and O–H groups in total. The second-order valence-corrected chi connectivity index (χ2v) is 5.57. The van der Waals surface area contributed by atoms with Crippen molar-refractivity contribution in [2.75, 3.05) is 11.9 Å². The topological polar surface area (TPSA) is 84.5 Å². The van der Waals surface area contributed by atoms with Gasteiger partial charge >= 0.3 is 5.97 Å². The molecule has 0 unspecified atom stereocenters. The normalized spacial score (nSPS) is 17.4. The SMILES string of the molecule is O=C(COC(=O)[C@@H]1CCC(=O)N1)Nc1cccc(I)c1. The number of carbonyl (C=O) groups is 3. The molecule has 0 spiro atoms. The number of esters is 1. The number of anilines is 1. The Morgan fingerprint density at radius 3 is 2.90 bits per heavy atom. The Balaban J connectivity index is 1.77. The maximum absolute atomic E-state index is 11.6. The molecule has 1 heterocycles. The minimum absolute atomic E-state index is 0.171. The number of hydrogen-bond acceptors (Lipinski definition) is 4. The fourth-order valence-electron chi connectivity index (χ4n) is 1.79. The molecule has 20 heavy (non-hydrogen) atoms. The fourth-order valence-corrected chi connectivity index (χ4v) is 2.33. The Bertz CT molecular complexity index is 547. The second kappa shape index (κ2) is 6.69. The van der Waals surface area contributed by atoms with E-state index < -0.39 is 17.9 Å². The van der Waals surface area contributed by atoms with Gasteiger partial charge in [-0.2, -0.15) is 0 Å². The lowest BCUT2D eigenvalue weighted by Crippen LogP contribution is -2.36. The van der Waals surface area contributed by atoms with Crippen LogP contribution in [0.2, 0.25) is 0 Å². The Morgan fingerprint density at radius 1 is 1.45 bits per heavy atom. The number of halogens is 1. The van der Waals surface area contributed by atoms with Gasteiger partial charge in [-0.25, -0.2) is 4.79 Å². The molecule has 1 aromatic carbocycles. The minimum atomic E-state index is -0.632. The Hall–Kier alpha value is -1.64. The Labute approximate surface area is 129 Å². The van der Waals surface area contributed by atoms with Crippen LogP contribution in [0.1, 0.15) is 12.8 Å². The summed E-state index contributed by atoms with van der Waals surface area (Å²) >= 11 is 2.13. The molecule has 0 bridgehead atoms. The average Bonchev–Trinajstić information content (AvgIpc) is 2.83. The highest BCUT2D eigenvalue weighted by molar-refractivity contribution is 14.1. The third kappa shape index (κ3) is 4.19. The lowest BCUT2D eigenvalue weighted by Gasteiger charge is -2.10. The molecule has 106 valence electrons. The summed E-state index contributed by atoms with van der Waals surface area (Å²) in [6, 6.07) is 6.64. The summed E-state index contributed by atoms with van der Waals surface area (Å²) in [7, 11) is 0.